The molecule has 0 unspecified atom stereocenters. The monoisotopic (exact) mass is 375 g/mol. The highest BCUT2D eigenvalue weighted by Crippen LogP contribution is 2.42. The molecule has 1 spiro atoms. The van der Waals surface area contributed by atoms with Gasteiger partial charge in [-0.1, -0.05) is 0 Å². The van der Waals surface area contributed by atoms with Crippen LogP contribution in [0.3, 0.4) is 0 Å². The van der Waals surface area contributed by atoms with E-state index in [1.165, 1.54) is 12.1 Å². The van der Waals surface area contributed by atoms with Crippen molar-refractivity contribution in [3.8, 4) is 0 Å². The number of hydrogen-bond donors (Lipinski definition) is 1. The van der Waals surface area contributed by atoms with Crippen molar-refractivity contribution in [3.63, 3.8) is 0 Å². The van der Waals surface area contributed by atoms with Crippen molar-refractivity contribution in [3.05, 3.63) is 30.1 Å². The van der Waals surface area contributed by atoms with E-state index in [1.807, 2.05) is 12.1 Å². The Morgan fingerprint density at radius 2 is 1.96 bits per heavy atom. The Hall–Kier alpha value is -1.66. The van der Waals surface area contributed by atoms with Crippen LogP contribution in [0.2, 0.25) is 0 Å². The molecule has 27 heavy (non-hydrogen) atoms. The molecule has 3 aliphatic heterocycles. The minimum absolute atomic E-state index is 0.0307. The van der Waals surface area contributed by atoms with E-state index in [4.69, 9.17) is 4.74 Å². The predicted molar refractivity (Wildman–Crippen MR) is 103 cm³/mol. The Morgan fingerprint density at radius 3 is 2.67 bits per heavy atom. The molecular weight excluding hydrogens is 345 g/mol. The molecule has 0 amide bonds. The third kappa shape index (κ3) is 3.97. The molecule has 5 nitrogen and oxygen atoms in total. The first-order chi connectivity index (χ1) is 13.1. The molecule has 3 heterocycles. The first-order valence-corrected chi connectivity index (χ1v) is 10.2. The topological polar surface area (TPSA) is 44.8 Å². The van der Waals surface area contributed by atoms with Gasteiger partial charge in [-0.25, -0.2) is 4.39 Å². The van der Waals surface area contributed by atoms with Crippen LogP contribution >= 0.6 is 0 Å². The number of cyclic esters (lactones) is 1. The van der Waals surface area contributed by atoms with Gasteiger partial charge in [-0.05, 0) is 63.5 Å². The van der Waals surface area contributed by atoms with Crippen molar-refractivity contribution in [1.29, 1.82) is 0 Å². The molecule has 3 fully saturated rings. The van der Waals surface area contributed by atoms with Crippen LogP contribution in [0.5, 0.6) is 0 Å². The summed E-state index contributed by atoms with van der Waals surface area (Å²) in [7, 11) is 0. The summed E-state index contributed by atoms with van der Waals surface area (Å²) >= 11 is 0. The third-order valence-electron chi connectivity index (χ3n) is 6.58. The van der Waals surface area contributed by atoms with Gasteiger partial charge in [0.15, 0.2) is 0 Å². The van der Waals surface area contributed by atoms with Crippen LogP contribution in [0, 0.1) is 11.2 Å². The first-order valence-electron chi connectivity index (χ1n) is 10.2. The molecule has 0 saturated carbocycles. The highest BCUT2D eigenvalue weighted by Gasteiger charge is 2.49. The number of esters is 1. The van der Waals surface area contributed by atoms with E-state index in [9.17, 15) is 9.18 Å². The number of nitrogens with one attached hydrogen (secondary N) is 1. The van der Waals surface area contributed by atoms with E-state index in [1.54, 1.807) is 0 Å². The minimum atomic E-state index is -0.219. The Kier molecular flexibility index (Phi) is 5.37. The van der Waals surface area contributed by atoms with Crippen LogP contribution in [-0.2, 0) is 9.53 Å². The van der Waals surface area contributed by atoms with Crippen LogP contribution in [0.15, 0.2) is 24.3 Å². The fourth-order valence-electron chi connectivity index (χ4n) is 4.84. The van der Waals surface area contributed by atoms with Gasteiger partial charge < -0.3 is 15.0 Å². The van der Waals surface area contributed by atoms with E-state index in [0.717, 1.165) is 70.6 Å². The summed E-state index contributed by atoms with van der Waals surface area (Å²) in [5.74, 6) is -0.161. The maximum Gasteiger partial charge on any atom is 0.312 e. The molecule has 0 aliphatic carbocycles. The van der Waals surface area contributed by atoms with E-state index >= 15 is 0 Å². The summed E-state index contributed by atoms with van der Waals surface area (Å²) in [5, 5.41) is 3.34. The fraction of sp³-hybridized carbons (Fsp3) is 0.667. The molecule has 3 aliphatic rings. The standard InChI is InChI=1S/C21H30FN3O2/c1-16-15-25(18-4-2-17(22)3-5-18)13-12-24(16)11-6-19-14-21(20(26)27-19)7-9-23-10-8-21/h2-5,16,19,23H,6-15H2,1H3/t16-,19-/m0/s1. The van der Waals surface area contributed by atoms with Crippen molar-refractivity contribution in [2.45, 2.75) is 44.8 Å². The number of carbonyl (C=O) groups excluding carboxylic acids is 1. The number of hydrogen-bond acceptors (Lipinski definition) is 5. The number of halogens is 1. The molecule has 0 radical (unpaired) electrons. The van der Waals surface area contributed by atoms with Crippen molar-refractivity contribution in [2.75, 3.05) is 44.2 Å². The number of nitrogens with zero attached hydrogens (tertiary/aromatic N) is 2. The summed E-state index contributed by atoms with van der Waals surface area (Å²) in [6.07, 6.45) is 3.70. The van der Waals surface area contributed by atoms with Crippen LogP contribution in [0.25, 0.3) is 0 Å². The van der Waals surface area contributed by atoms with Crippen molar-refractivity contribution >= 4 is 11.7 Å². The normalized spacial score (nSPS) is 28.5. The Bertz CT molecular complexity index is 660. The average molecular weight is 375 g/mol. The quantitative estimate of drug-likeness (QED) is 0.819. The van der Waals surface area contributed by atoms with Gasteiger partial charge in [-0.2, -0.15) is 0 Å². The second kappa shape index (κ2) is 7.76. The van der Waals surface area contributed by atoms with Crippen LogP contribution < -0.4 is 10.2 Å². The Labute approximate surface area is 160 Å². The number of ether oxygens (including phenoxy) is 1. The average Bonchev–Trinajstić information content (AvgIpc) is 2.97. The summed E-state index contributed by atoms with van der Waals surface area (Å²) in [5.41, 5.74) is 0.864. The molecule has 0 bridgehead atoms. The smallest absolute Gasteiger partial charge is 0.312 e. The number of anilines is 1. The van der Waals surface area contributed by atoms with Gasteiger partial charge in [0, 0.05) is 44.3 Å². The maximum absolute atomic E-state index is 13.1. The molecule has 1 aromatic rings. The van der Waals surface area contributed by atoms with Gasteiger partial charge in [0.05, 0.1) is 5.41 Å². The molecule has 3 saturated heterocycles. The van der Waals surface area contributed by atoms with E-state index < -0.39 is 0 Å². The lowest BCUT2D eigenvalue weighted by atomic mass is 9.76. The highest BCUT2D eigenvalue weighted by molar-refractivity contribution is 5.79. The first kappa shape index (κ1) is 18.7. The van der Waals surface area contributed by atoms with Gasteiger partial charge in [-0.15, -0.1) is 0 Å². The number of piperazine rings is 1. The third-order valence-corrected chi connectivity index (χ3v) is 6.58. The molecule has 1 N–H and O–H groups in total. The van der Waals surface area contributed by atoms with Gasteiger partial charge in [0.1, 0.15) is 11.9 Å². The zero-order valence-corrected chi connectivity index (χ0v) is 16.1. The van der Waals surface area contributed by atoms with Crippen LogP contribution in [0.4, 0.5) is 10.1 Å². The summed E-state index contributed by atoms with van der Waals surface area (Å²) < 4.78 is 18.9. The molecule has 6 heteroatoms. The van der Waals surface area contributed by atoms with E-state index in [-0.39, 0.29) is 23.3 Å². The number of carbonyl (C=O) groups is 1. The van der Waals surface area contributed by atoms with Gasteiger partial charge in [0.2, 0.25) is 0 Å². The number of benzene rings is 1. The summed E-state index contributed by atoms with van der Waals surface area (Å²) in [6, 6.07) is 7.19. The zero-order chi connectivity index (χ0) is 18.9. The Balaban J connectivity index is 1.27. The maximum atomic E-state index is 13.1. The number of piperidine rings is 1. The SMILES string of the molecule is C[C@H]1CN(c2ccc(F)cc2)CCN1CC[C@H]1CC2(CCNCC2)C(=O)O1. The second-order valence-corrected chi connectivity index (χ2v) is 8.36. The van der Waals surface area contributed by atoms with E-state index in [0.29, 0.717) is 6.04 Å². The molecule has 1 aromatic carbocycles. The lowest BCUT2D eigenvalue weighted by molar-refractivity contribution is -0.150. The molecule has 148 valence electrons. The van der Waals surface area contributed by atoms with Crippen molar-refractivity contribution < 1.29 is 13.9 Å². The highest BCUT2D eigenvalue weighted by atomic mass is 19.1. The zero-order valence-electron chi connectivity index (χ0n) is 16.1. The lowest BCUT2D eigenvalue weighted by Crippen LogP contribution is -2.52. The van der Waals surface area contributed by atoms with Crippen molar-refractivity contribution in [2.24, 2.45) is 5.41 Å². The van der Waals surface area contributed by atoms with Crippen molar-refractivity contribution in [1.82, 2.24) is 10.2 Å². The van der Waals surface area contributed by atoms with Gasteiger partial charge in [0.25, 0.3) is 0 Å². The number of rotatable bonds is 4. The van der Waals surface area contributed by atoms with Gasteiger partial charge >= 0.3 is 5.97 Å². The molecular formula is C21H30FN3O2. The lowest BCUT2D eigenvalue weighted by Gasteiger charge is -2.41. The van der Waals surface area contributed by atoms with Crippen LogP contribution in [-0.4, -0.2) is 62.3 Å². The molecule has 4 rings (SSSR count). The van der Waals surface area contributed by atoms with Gasteiger partial charge in [-0.3, -0.25) is 9.69 Å². The predicted octanol–water partition coefficient (Wildman–Crippen LogP) is 2.41. The second-order valence-electron chi connectivity index (χ2n) is 8.36. The largest absolute Gasteiger partial charge is 0.462 e. The minimum Gasteiger partial charge on any atom is -0.462 e. The van der Waals surface area contributed by atoms with E-state index in [2.05, 4.69) is 22.0 Å². The summed E-state index contributed by atoms with van der Waals surface area (Å²) in [4.78, 5) is 17.2. The molecule has 0 aromatic heterocycles. The fourth-order valence-corrected chi connectivity index (χ4v) is 4.84. The summed E-state index contributed by atoms with van der Waals surface area (Å²) in [6.45, 7) is 7.90. The van der Waals surface area contributed by atoms with Crippen LogP contribution in [0.1, 0.15) is 32.6 Å². The Morgan fingerprint density at radius 1 is 1.22 bits per heavy atom. The molecule has 2 atom stereocenters.